The Morgan fingerprint density at radius 3 is 2.52 bits per heavy atom. The Balaban J connectivity index is 1.82. The number of thioether (sulfide) groups is 1. The van der Waals surface area contributed by atoms with E-state index < -0.39 is 0 Å². The van der Waals surface area contributed by atoms with Gasteiger partial charge in [0.15, 0.2) is 0 Å². The van der Waals surface area contributed by atoms with Gasteiger partial charge in [-0.3, -0.25) is 4.79 Å². The number of carbonyl (C=O) groups excluding carboxylic acids is 1. The smallest absolute Gasteiger partial charge is 0.277 e. The van der Waals surface area contributed by atoms with Crippen LogP contribution in [0.3, 0.4) is 0 Å². The first-order chi connectivity index (χ1) is 10.2. The minimum atomic E-state index is -0.128. The zero-order valence-electron chi connectivity index (χ0n) is 11.5. The van der Waals surface area contributed by atoms with E-state index in [9.17, 15) is 4.79 Å². The van der Waals surface area contributed by atoms with E-state index in [1.54, 1.807) is 0 Å². The summed E-state index contributed by atoms with van der Waals surface area (Å²) in [5, 5.41) is 25.4. The maximum absolute atomic E-state index is 12.1. The largest absolute Gasteiger partial charge is 0.416 e. The lowest BCUT2D eigenvalue weighted by Gasteiger charge is -2.19. The Morgan fingerprint density at radius 2 is 1.95 bits per heavy atom. The van der Waals surface area contributed by atoms with E-state index in [2.05, 4.69) is 10.2 Å². The second kappa shape index (κ2) is 7.65. The number of nitriles is 2. The van der Waals surface area contributed by atoms with Crippen molar-refractivity contribution in [2.45, 2.75) is 36.8 Å². The number of amides is 1. The Morgan fingerprint density at radius 1 is 1.29 bits per heavy atom. The third-order valence-electron chi connectivity index (χ3n) is 3.01. The summed E-state index contributed by atoms with van der Waals surface area (Å²) < 4.78 is 5.47. The van der Waals surface area contributed by atoms with E-state index in [4.69, 9.17) is 14.9 Å². The van der Waals surface area contributed by atoms with Gasteiger partial charge >= 0.3 is 0 Å². The number of hydrogen-bond donors (Lipinski definition) is 0. The molecule has 7 nitrogen and oxygen atoms in total. The molecule has 0 unspecified atom stereocenters. The molecule has 0 radical (unpaired) electrons. The Labute approximate surface area is 126 Å². The van der Waals surface area contributed by atoms with Gasteiger partial charge in [-0.25, -0.2) is 0 Å². The quantitative estimate of drug-likeness (QED) is 0.672. The van der Waals surface area contributed by atoms with Gasteiger partial charge in [-0.05, 0) is 12.8 Å². The van der Waals surface area contributed by atoms with E-state index in [-0.39, 0.29) is 24.5 Å². The summed E-state index contributed by atoms with van der Waals surface area (Å²) in [5.41, 5.74) is 0. The molecule has 0 atom stereocenters. The standard InChI is InChI=1S/C13H15N5O2S/c14-5-1-7-18(8-2-6-15)11(19)9-21-13-17-16-12(20-13)10-3-4-10/h10H,1-4,7-9H2. The van der Waals surface area contributed by atoms with Gasteiger partial charge in [-0.2, -0.15) is 10.5 Å². The fourth-order valence-electron chi connectivity index (χ4n) is 1.72. The first-order valence-corrected chi connectivity index (χ1v) is 7.71. The van der Waals surface area contributed by atoms with Crippen LogP contribution in [0.4, 0.5) is 0 Å². The first kappa shape index (κ1) is 15.3. The molecule has 0 aliphatic heterocycles. The fourth-order valence-corrected chi connectivity index (χ4v) is 2.39. The van der Waals surface area contributed by atoms with Crippen molar-refractivity contribution in [1.29, 1.82) is 10.5 Å². The van der Waals surface area contributed by atoms with Crippen LogP contribution in [0.5, 0.6) is 0 Å². The molecule has 2 rings (SSSR count). The molecule has 0 aromatic carbocycles. The SMILES string of the molecule is N#CCCN(CCC#N)C(=O)CSc1nnc(C2CC2)o1. The fraction of sp³-hybridized carbons (Fsp3) is 0.615. The predicted octanol–water partition coefficient (Wildman–Crippen LogP) is 1.70. The van der Waals surface area contributed by atoms with Gasteiger partial charge in [0, 0.05) is 19.0 Å². The molecule has 1 saturated carbocycles. The van der Waals surface area contributed by atoms with Crippen LogP contribution >= 0.6 is 11.8 Å². The van der Waals surface area contributed by atoms with Crippen molar-refractivity contribution in [3.05, 3.63) is 5.89 Å². The first-order valence-electron chi connectivity index (χ1n) is 6.72. The molecule has 110 valence electrons. The van der Waals surface area contributed by atoms with E-state index in [0.29, 0.717) is 30.1 Å². The van der Waals surface area contributed by atoms with Gasteiger partial charge in [0.25, 0.3) is 5.22 Å². The zero-order chi connectivity index (χ0) is 15.1. The summed E-state index contributed by atoms with van der Waals surface area (Å²) in [7, 11) is 0. The highest BCUT2D eigenvalue weighted by Gasteiger charge is 2.29. The summed E-state index contributed by atoms with van der Waals surface area (Å²) in [6.07, 6.45) is 2.69. The lowest BCUT2D eigenvalue weighted by molar-refractivity contribution is -0.128. The van der Waals surface area contributed by atoms with Crippen LogP contribution in [0, 0.1) is 22.7 Å². The highest BCUT2D eigenvalue weighted by Crippen LogP contribution is 2.39. The molecule has 8 heteroatoms. The number of nitrogens with zero attached hydrogens (tertiary/aromatic N) is 5. The predicted molar refractivity (Wildman–Crippen MR) is 74.0 cm³/mol. The number of rotatable bonds is 8. The zero-order valence-corrected chi connectivity index (χ0v) is 12.3. The molecule has 1 aromatic heterocycles. The molecule has 1 heterocycles. The molecule has 1 aliphatic carbocycles. The summed E-state index contributed by atoms with van der Waals surface area (Å²) in [5.74, 6) is 1.08. The molecule has 0 N–H and O–H groups in total. The van der Waals surface area contributed by atoms with Crippen molar-refractivity contribution in [2.24, 2.45) is 0 Å². The van der Waals surface area contributed by atoms with Crippen LogP contribution < -0.4 is 0 Å². The van der Waals surface area contributed by atoms with Crippen molar-refractivity contribution in [3.8, 4) is 12.1 Å². The normalized spacial score (nSPS) is 13.4. The van der Waals surface area contributed by atoms with E-state index in [0.717, 1.165) is 12.8 Å². The van der Waals surface area contributed by atoms with Crippen LogP contribution in [-0.4, -0.2) is 39.8 Å². The van der Waals surface area contributed by atoms with Crippen molar-refractivity contribution in [1.82, 2.24) is 15.1 Å². The molecular weight excluding hydrogens is 290 g/mol. The van der Waals surface area contributed by atoms with Gasteiger partial charge in [-0.15, -0.1) is 10.2 Å². The molecule has 0 bridgehead atoms. The minimum Gasteiger partial charge on any atom is -0.416 e. The molecule has 0 spiro atoms. The third kappa shape index (κ3) is 4.76. The molecular formula is C13H15N5O2S. The van der Waals surface area contributed by atoms with Crippen LogP contribution in [0.1, 0.15) is 37.5 Å². The molecule has 1 fully saturated rings. The summed E-state index contributed by atoms with van der Waals surface area (Å²) in [6.45, 7) is 0.684. The van der Waals surface area contributed by atoms with Gasteiger partial charge < -0.3 is 9.32 Å². The molecule has 1 aromatic rings. The number of aromatic nitrogens is 2. The topological polar surface area (TPSA) is 107 Å². The lowest BCUT2D eigenvalue weighted by atomic mass is 10.3. The van der Waals surface area contributed by atoms with Crippen molar-refractivity contribution < 1.29 is 9.21 Å². The highest BCUT2D eigenvalue weighted by atomic mass is 32.2. The van der Waals surface area contributed by atoms with Crippen molar-refractivity contribution in [3.63, 3.8) is 0 Å². The molecule has 1 aliphatic rings. The third-order valence-corrected chi connectivity index (χ3v) is 3.81. The molecule has 0 saturated heterocycles. The Bertz CT molecular complexity index is 552. The maximum Gasteiger partial charge on any atom is 0.277 e. The van der Waals surface area contributed by atoms with E-state index >= 15 is 0 Å². The van der Waals surface area contributed by atoms with Crippen LogP contribution in [0.15, 0.2) is 9.64 Å². The van der Waals surface area contributed by atoms with Gasteiger partial charge in [0.2, 0.25) is 11.8 Å². The van der Waals surface area contributed by atoms with Crippen LogP contribution in [-0.2, 0) is 4.79 Å². The summed E-state index contributed by atoms with van der Waals surface area (Å²) in [4.78, 5) is 13.6. The summed E-state index contributed by atoms with van der Waals surface area (Å²) in [6, 6.07) is 4.00. The monoisotopic (exact) mass is 305 g/mol. The molecule has 1 amide bonds. The second-order valence-corrected chi connectivity index (χ2v) is 5.59. The van der Waals surface area contributed by atoms with Gasteiger partial charge in [0.05, 0.1) is 30.7 Å². The highest BCUT2D eigenvalue weighted by molar-refractivity contribution is 7.99. The van der Waals surface area contributed by atoms with Crippen molar-refractivity contribution in [2.75, 3.05) is 18.8 Å². The average molecular weight is 305 g/mol. The second-order valence-electron chi connectivity index (χ2n) is 4.67. The maximum atomic E-state index is 12.1. The van der Waals surface area contributed by atoms with E-state index in [1.807, 2.05) is 12.1 Å². The number of hydrogen-bond acceptors (Lipinski definition) is 7. The van der Waals surface area contributed by atoms with Crippen LogP contribution in [0.25, 0.3) is 0 Å². The summed E-state index contributed by atoms with van der Waals surface area (Å²) >= 11 is 1.19. The van der Waals surface area contributed by atoms with Crippen LogP contribution in [0.2, 0.25) is 0 Å². The van der Waals surface area contributed by atoms with Gasteiger partial charge in [0.1, 0.15) is 0 Å². The van der Waals surface area contributed by atoms with Crippen molar-refractivity contribution >= 4 is 17.7 Å². The average Bonchev–Trinajstić information content (AvgIpc) is 3.24. The lowest BCUT2D eigenvalue weighted by Crippen LogP contribution is -2.34. The molecule has 21 heavy (non-hydrogen) atoms. The van der Waals surface area contributed by atoms with Gasteiger partial charge in [-0.1, -0.05) is 11.8 Å². The Kier molecular flexibility index (Phi) is 5.59. The van der Waals surface area contributed by atoms with E-state index in [1.165, 1.54) is 16.7 Å². The Hall–Kier alpha value is -2.06. The number of carbonyl (C=O) groups is 1. The minimum absolute atomic E-state index is 0.128.